The number of carbonyl (C=O) groups is 1. The van der Waals surface area contributed by atoms with E-state index in [9.17, 15) is 13.2 Å². The zero-order valence-corrected chi connectivity index (χ0v) is 19.5. The number of halogens is 1. The monoisotopic (exact) mass is 455 g/mol. The Kier molecular flexibility index (Phi) is 8.57. The molecule has 0 aromatic heterocycles. The fourth-order valence-electron chi connectivity index (χ4n) is 4.21. The van der Waals surface area contributed by atoms with E-state index in [1.165, 1.54) is 29.3 Å². The van der Waals surface area contributed by atoms with Gasteiger partial charge in [0, 0.05) is 37.8 Å². The summed E-state index contributed by atoms with van der Waals surface area (Å²) in [6.45, 7) is 6.30. The van der Waals surface area contributed by atoms with Crippen molar-refractivity contribution in [2.24, 2.45) is 0 Å². The molecule has 168 valence electrons. The van der Waals surface area contributed by atoms with E-state index in [0.29, 0.717) is 18.7 Å². The smallest absolute Gasteiger partial charge is 0.251 e. The first-order chi connectivity index (χ1) is 14.4. The van der Waals surface area contributed by atoms with Crippen molar-refractivity contribution < 1.29 is 13.2 Å². The molecule has 0 aliphatic carbocycles. The van der Waals surface area contributed by atoms with Gasteiger partial charge in [0.05, 0.1) is 5.02 Å². The van der Waals surface area contributed by atoms with Crippen LogP contribution in [0.1, 0.15) is 68.6 Å². The maximum absolute atomic E-state index is 13.2. The van der Waals surface area contributed by atoms with Gasteiger partial charge in [-0.05, 0) is 56.8 Å². The molecule has 8 heteroatoms. The van der Waals surface area contributed by atoms with Gasteiger partial charge in [0.25, 0.3) is 5.91 Å². The third kappa shape index (κ3) is 5.96. The van der Waals surface area contributed by atoms with Crippen LogP contribution in [0.2, 0.25) is 5.02 Å². The fraction of sp³-hybridized carbons (Fsp3) is 0.682. The van der Waals surface area contributed by atoms with Crippen LogP contribution in [0.25, 0.3) is 0 Å². The number of amides is 1. The number of rotatable bonds is 7. The molecule has 0 saturated carbocycles. The Labute approximate surface area is 186 Å². The van der Waals surface area contributed by atoms with Gasteiger partial charge in [-0.3, -0.25) is 4.79 Å². The molecule has 30 heavy (non-hydrogen) atoms. The first-order valence-corrected chi connectivity index (χ1v) is 13.1. The van der Waals surface area contributed by atoms with Crippen LogP contribution in [-0.2, 0) is 10.0 Å². The lowest BCUT2D eigenvalue weighted by atomic mass is 10.0. The molecule has 0 atom stereocenters. The molecular formula is C22H34ClN3O3S. The molecule has 1 aromatic carbocycles. The van der Waals surface area contributed by atoms with Crippen molar-refractivity contribution in [2.75, 3.05) is 32.7 Å². The molecule has 2 saturated heterocycles. The molecule has 1 amide bonds. The van der Waals surface area contributed by atoms with E-state index < -0.39 is 10.0 Å². The van der Waals surface area contributed by atoms with Crippen molar-refractivity contribution in [1.29, 1.82) is 0 Å². The summed E-state index contributed by atoms with van der Waals surface area (Å²) in [5, 5.41) is 3.25. The van der Waals surface area contributed by atoms with Gasteiger partial charge < -0.3 is 10.2 Å². The highest BCUT2D eigenvalue weighted by Gasteiger charge is 2.28. The highest BCUT2D eigenvalue weighted by molar-refractivity contribution is 7.89. The molecule has 0 unspecified atom stereocenters. The van der Waals surface area contributed by atoms with Crippen LogP contribution in [-0.4, -0.2) is 62.3 Å². The summed E-state index contributed by atoms with van der Waals surface area (Å²) in [5.74, 6) is -0.231. The first kappa shape index (κ1) is 23.5. The van der Waals surface area contributed by atoms with E-state index in [4.69, 9.17) is 11.6 Å². The van der Waals surface area contributed by atoms with Crippen LogP contribution in [0, 0.1) is 0 Å². The maximum atomic E-state index is 13.2. The molecule has 6 nitrogen and oxygen atoms in total. The number of hydrogen-bond acceptors (Lipinski definition) is 4. The van der Waals surface area contributed by atoms with Crippen molar-refractivity contribution in [3.63, 3.8) is 0 Å². The summed E-state index contributed by atoms with van der Waals surface area (Å²) >= 11 is 6.25. The van der Waals surface area contributed by atoms with Gasteiger partial charge in [0.2, 0.25) is 10.0 Å². The molecule has 0 spiro atoms. The summed E-state index contributed by atoms with van der Waals surface area (Å²) < 4.78 is 27.8. The predicted octanol–water partition coefficient (Wildman–Crippen LogP) is 3.90. The van der Waals surface area contributed by atoms with Gasteiger partial charge in [-0.15, -0.1) is 0 Å². The van der Waals surface area contributed by atoms with Crippen LogP contribution in [0.5, 0.6) is 0 Å². The number of piperidine rings is 1. The third-order valence-electron chi connectivity index (χ3n) is 6.13. The lowest BCUT2D eigenvalue weighted by molar-refractivity contribution is 0.0910. The van der Waals surface area contributed by atoms with Crippen molar-refractivity contribution in [3.8, 4) is 0 Å². The minimum Gasteiger partial charge on any atom is -0.349 e. The van der Waals surface area contributed by atoms with Crippen LogP contribution in [0.15, 0.2) is 23.1 Å². The van der Waals surface area contributed by atoms with Crippen LogP contribution < -0.4 is 5.32 Å². The van der Waals surface area contributed by atoms with E-state index in [0.717, 1.165) is 58.2 Å². The minimum absolute atomic E-state index is 0.0353. The lowest BCUT2D eigenvalue weighted by Gasteiger charge is -2.32. The third-order valence-corrected chi connectivity index (χ3v) is 8.51. The molecule has 2 heterocycles. The predicted molar refractivity (Wildman–Crippen MR) is 121 cm³/mol. The maximum Gasteiger partial charge on any atom is 0.251 e. The summed E-state index contributed by atoms with van der Waals surface area (Å²) in [6.07, 6.45) is 8.02. The van der Waals surface area contributed by atoms with Crippen molar-refractivity contribution in [2.45, 2.75) is 69.2 Å². The van der Waals surface area contributed by atoms with Crippen molar-refractivity contribution in [3.05, 3.63) is 28.8 Å². The molecule has 0 bridgehead atoms. The Bertz CT molecular complexity index is 815. The average molecular weight is 456 g/mol. The SMILES string of the molecule is CCCCN1CCC(NC(=O)c2ccc(Cl)c(S(=O)(=O)N3CCCCCC3)c2)CC1. The van der Waals surface area contributed by atoms with Gasteiger partial charge in [-0.1, -0.05) is 37.8 Å². The highest BCUT2D eigenvalue weighted by Crippen LogP contribution is 2.28. The van der Waals surface area contributed by atoms with Crippen molar-refractivity contribution >= 4 is 27.5 Å². The van der Waals surface area contributed by atoms with Gasteiger partial charge >= 0.3 is 0 Å². The normalized spacial score (nSPS) is 20.1. The number of nitrogens with one attached hydrogen (secondary N) is 1. The molecular weight excluding hydrogens is 422 g/mol. The summed E-state index contributed by atoms with van der Waals surface area (Å²) in [5.41, 5.74) is 0.348. The Hall–Kier alpha value is -1.15. The van der Waals surface area contributed by atoms with Gasteiger partial charge in [-0.25, -0.2) is 8.42 Å². The number of carbonyl (C=O) groups excluding carboxylic acids is 1. The van der Waals surface area contributed by atoms with E-state index >= 15 is 0 Å². The minimum atomic E-state index is -3.71. The zero-order chi connectivity index (χ0) is 21.6. The van der Waals surface area contributed by atoms with Gasteiger partial charge in [-0.2, -0.15) is 4.31 Å². The van der Waals surface area contributed by atoms with E-state index in [1.807, 2.05) is 0 Å². The summed E-state index contributed by atoms with van der Waals surface area (Å²) in [4.78, 5) is 15.3. The van der Waals surface area contributed by atoms with Gasteiger partial charge in [0.15, 0.2) is 0 Å². The van der Waals surface area contributed by atoms with Crippen LogP contribution in [0.3, 0.4) is 0 Å². The van der Waals surface area contributed by atoms with Crippen LogP contribution in [0.4, 0.5) is 0 Å². The number of sulfonamides is 1. The quantitative estimate of drug-likeness (QED) is 0.676. The standard InChI is InChI=1S/C22H34ClN3O3S/c1-2-3-12-25-15-10-19(11-16-25)24-22(27)18-8-9-20(23)21(17-18)30(28,29)26-13-6-4-5-7-14-26/h8-9,17,19H,2-7,10-16H2,1H3,(H,24,27). The van der Waals surface area contributed by atoms with E-state index in [1.54, 1.807) is 6.07 Å². The largest absolute Gasteiger partial charge is 0.349 e. The van der Waals surface area contributed by atoms with Crippen molar-refractivity contribution in [1.82, 2.24) is 14.5 Å². The molecule has 1 N–H and O–H groups in total. The fourth-order valence-corrected chi connectivity index (χ4v) is 6.23. The van der Waals surface area contributed by atoms with E-state index in [2.05, 4.69) is 17.1 Å². The molecule has 2 fully saturated rings. The topological polar surface area (TPSA) is 69.7 Å². The molecule has 2 aliphatic rings. The Morgan fingerprint density at radius 3 is 2.40 bits per heavy atom. The Balaban J connectivity index is 1.66. The Morgan fingerprint density at radius 2 is 1.77 bits per heavy atom. The molecule has 0 radical (unpaired) electrons. The molecule has 1 aromatic rings. The summed E-state index contributed by atoms with van der Waals surface area (Å²) in [6, 6.07) is 4.69. The second kappa shape index (κ2) is 10.9. The van der Waals surface area contributed by atoms with Crippen LogP contribution >= 0.6 is 11.6 Å². The average Bonchev–Trinajstić information content (AvgIpc) is 3.03. The zero-order valence-electron chi connectivity index (χ0n) is 17.9. The first-order valence-electron chi connectivity index (χ1n) is 11.2. The van der Waals surface area contributed by atoms with Gasteiger partial charge in [0.1, 0.15) is 4.90 Å². The lowest BCUT2D eigenvalue weighted by Crippen LogP contribution is -2.44. The number of likely N-dealkylation sites (tertiary alicyclic amines) is 1. The second-order valence-corrected chi connectivity index (χ2v) is 10.7. The highest BCUT2D eigenvalue weighted by atomic mass is 35.5. The Morgan fingerprint density at radius 1 is 1.10 bits per heavy atom. The number of unbranched alkanes of at least 4 members (excludes halogenated alkanes) is 1. The number of benzene rings is 1. The number of nitrogens with zero attached hydrogens (tertiary/aromatic N) is 2. The molecule has 3 rings (SSSR count). The second-order valence-electron chi connectivity index (χ2n) is 8.41. The van der Waals surface area contributed by atoms with E-state index in [-0.39, 0.29) is 21.9 Å². The molecule has 2 aliphatic heterocycles. The summed E-state index contributed by atoms with van der Waals surface area (Å²) in [7, 11) is -3.71. The number of hydrogen-bond donors (Lipinski definition) is 1.